The first-order valence-corrected chi connectivity index (χ1v) is 8.92. The van der Waals surface area contributed by atoms with Crippen molar-refractivity contribution < 1.29 is 4.21 Å². The number of fused-ring (bicyclic) bond motifs is 1. The lowest BCUT2D eigenvalue weighted by Gasteiger charge is -2.01. The molecule has 0 saturated carbocycles. The fourth-order valence-electron chi connectivity index (χ4n) is 2.52. The molecule has 1 unspecified atom stereocenters. The summed E-state index contributed by atoms with van der Waals surface area (Å²) in [6, 6.07) is 17.3. The van der Waals surface area contributed by atoms with Crippen LogP contribution in [-0.4, -0.2) is 18.7 Å². The zero-order valence-corrected chi connectivity index (χ0v) is 13.5. The third-order valence-electron chi connectivity index (χ3n) is 3.71. The Balaban J connectivity index is 1.78. The van der Waals surface area contributed by atoms with E-state index in [-0.39, 0.29) is 5.03 Å². The predicted molar refractivity (Wildman–Crippen MR) is 94.5 cm³/mol. The van der Waals surface area contributed by atoms with Crippen LogP contribution in [0.15, 0.2) is 82.7 Å². The minimum absolute atomic E-state index is 0.247. The van der Waals surface area contributed by atoms with Crippen LogP contribution >= 0.6 is 0 Å². The summed E-state index contributed by atoms with van der Waals surface area (Å²) < 4.78 is 18.9. The smallest absolute Gasteiger partial charge is 0.168 e. The molecule has 6 nitrogen and oxygen atoms in total. The fourth-order valence-corrected chi connectivity index (χ4v) is 3.52. The van der Waals surface area contributed by atoms with Crippen molar-refractivity contribution in [1.82, 2.24) is 14.5 Å². The Morgan fingerprint density at radius 1 is 1.08 bits per heavy atom. The number of nitrogens with zero attached hydrogens (tertiary/aromatic N) is 3. The molecule has 2 aromatic carbocycles. The quantitative estimate of drug-likeness (QED) is 0.600. The van der Waals surface area contributed by atoms with Crippen LogP contribution in [0.2, 0.25) is 0 Å². The first-order valence-electron chi connectivity index (χ1n) is 7.34. The molecule has 0 aliphatic carbocycles. The fraction of sp³-hybridized carbons (Fsp3) is 0. The maximum Gasteiger partial charge on any atom is 0.168 e. The van der Waals surface area contributed by atoms with Crippen molar-refractivity contribution in [1.29, 1.82) is 0 Å². The van der Waals surface area contributed by atoms with Crippen molar-refractivity contribution in [3.8, 4) is 5.69 Å². The number of aromatic nitrogens is 3. The van der Waals surface area contributed by atoms with E-state index in [1.807, 2.05) is 54.6 Å². The van der Waals surface area contributed by atoms with Crippen LogP contribution in [0.3, 0.4) is 0 Å². The third kappa shape index (κ3) is 2.60. The average molecular weight is 337 g/mol. The number of aromatic amines is 1. The maximum atomic E-state index is 12.9. The molecule has 0 radical (unpaired) electrons. The highest BCUT2D eigenvalue weighted by molar-refractivity contribution is 7.91. The molecule has 2 heterocycles. The zero-order valence-electron chi connectivity index (χ0n) is 12.7. The van der Waals surface area contributed by atoms with Gasteiger partial charge in [0.2, 0.25) is 0 Å². The zero-order chi connectivity index (χ0) is 16.6. The number of rotatable bonds is 3. The summed E-state index contributed by atoms with van der Waals surface area (Å²) in [6.45, 7) is 0. The first kappa shape index (κ1) is 14.7. The molecule has 0 amide bonds. The summed E-state index contributed by atoms with van der Waals surface area (Å²) in [7, 11) is -3.14. The van der Waals surface area contributed by atoms with Gasteiger partial charge in [-0.2, -0.15) is 4.36 Å². The average Bonchev–Trinajstić information content (AvgIpc) is 3.24. The molecule has 0 saturated heterocycles. The van der Waals surface area contributed by atoms with Gasteiger partial charge in [0.15, 0.2) is 14.9 Å². The van der Waals surface area contributed by atoms with Crippen LogP contribution in [0.5, 0.6) is 0 Å². The second kappa shape index (κ2) is 5.63. The molecular formula is C17H15N5OS. The Bertz CT molecular complexity index is 1120. The lowest BCUT2D eigenvalue weighted by atomic mass is 10.2. The molecule has 0 fully saturated rings. The maximum absolute atomic E-state index is 12.9. The van der Waals surface area contributed by atoms with Gasteiger partial charge in [-0.15, -0.1) is 0 Å². The summed E-state index contributed by atoms with van der Waals surface area (Å²) in [5.74, 6) is 0. The molecule has 1 atom stereocenters. The number of hydrogen-bond acceptors (Lipinski definition) is 3. The normalized spacial score (nSPS) is 13.7. The largest absolute Gasteiger partial charge is 0.359 e. The molecule has 24 heavy (non-hydrogen) atoms. The Morgan fingerprint density at radius 2 is 1.83 bits per heavy atom. The number of imidazole rings is 1. The highest BCUT2D eigenvalue weighted by Gasteiger charge is 2.13. The van der Waals surface area contributed by atoms with Crippen molar-refractivity contribution in [2.75, 3.05) is 0 Å². The van der Waals surface area contributed by atoms with E-state index in [0.29, 0.717) is 5.69 Å². The van der Waals surface area contributed by atoms with Crippen molar-refractivity contribution in [3.63, 3.8) is 0 Å². The van der Waals surface area contributed by atoms with Crippen LogP contribution in [0.4, 0.5) is 5.69 Å². The number of nitrogens with one attached hydrogen (secondary N) is 1. The number of hydrogen-bond donors (Lipinski definition) is 2. The van der Waals surface area contributed by atoms with Crippen LogP contribution < -0.4 is 5.14 Å². The molecule has 0 bridgehead atoms. The Morgan fingerprint density at radius 3 is 2.67 bits per heavy atom. The van der Waals surface area contributed by atoms with E-state index in [0.717, 1.165) is 16.6 Å². The van der Waals surface area contributed by atoms with Gasteiger partial charge in [-0.3, -0.25) is 0 Å². The van der Waals surface area contributed by atoms with E-state index in [1.54, 1.807) is 23.3 Å². The number of H-pyrrole nitrogens is 1. The molecule has 3 N–H and O–H groups in total. The lowest BCUT2D eigenvalue weighted by Crippen LogP contribution is -2.12. The minimum atomic E-state index is -3.14. The highest BCUT2D eigenvalue weighted by atomic mass is 32.2. The van der Waals surface area contributed by atoms with Crippen LogP contribution in [0.25, 0.3) is 16.6 Å². The van der Waals surface area contributed by atoms with Gasteiger partial charge in [0, 0.05) is 29.0 Å². The molecule has 4 aromatic rings. The Hall–Kier alpha value is -2.90. The molecule has 120 valence electrons. The SMILES string of the molecule is NS(=O)(=Nc1c[nH]c2ccccc12)c1cn(-c2ccccc2)cn1. The molecule has 0 aliphatic rings. The molecule has 7 heteroatoms. The molecule has 0 spiro atoms. The van der Waals surface area contributed by atoms with Crippen LogP contribution in [0, 0.1) is 0 Å². The van der Waals surface area contributed by atoms with Gasteiger partial charge in [-0.1, -0.05) is 36.4 Å². The monoisotopic (exact) mass is 337 g/mol. The summed E-state index contributed by atoms with van der Waals surface area (Å²) in [6.07, 6.45) is 4.93. The number of benzene rings is 2. The van der Waals surface area contributed by atoms with Gasteiger partial charge < -0.3 is 9.55 Å². The van der Waals surface area contributed by atoms with Gasteiger partial charge in [0.1, 0.15) is 6.33 Å². The van der Waals surface area contributed by atoms with Crippen molar-refractivity contribution in [2.24, 2.45) is 9.50 Å². The number of para-hydroxylation sites is 2. The lowest BCUT2D eigenvalue weighted by molar-refractivity contribution is 0.675. The van der Waals surface area contributed by atoms with E-state index in [4.69, 9.17) is 5.14 Å². The van der Waals surface area contributed by atoms with Crippen LogP contribution in [0.1, 0.15) is 0 Å². The molecule has 2 aromatic heterocycles. The first-order chi connectivity index (χ1) is 11.6. The third-order valence-corrected chi connectivity index (χ3v) is 4.99. The van der Waals surface area contributed by atoms with E-state index < -0.39 is 9.92 Å². The van der Waals surface area contributed by atoms with Gasteiger partial charge in [0.25, 0.3) is 0 Å². The van der Waals surface area contributed by atoms with Crippen molar-refractivity contribution in [3.05, 3.63) is 73.3 Å². The Labute approximate surface area is 139 Å². The number of nitrogens with two attached hydrogens (primary N) is 1. The van der Waals surface area contributed by atoms with Gasteiger partial charge in [-0.05, 0) is 18.2 Å². The summed E-state index contributed by atoms with van der Waals surface area (Å²) >= 11 is 0. The molecule has 0 aliphatic heterocycles. The topological polar surface area (TPSA) is 89.1 Å². The highest BCUT2D eigenvalue weighted by Crippen LogP contribution is 2.27. The minimum Gasteiger partial charge on any atom is -0.359 e. The summed E-state index contributed by atoms with van der Waals surface area (Å²) in [5, 5.41) is 7.10. The van der Waals surface area contributed by atoms with Gasteiger partial charge in [0.05, 0.1) is 5.69 Å². The predicted octanol–water partition coefficient (Wildman–Crippen LogP) is 3.39. The van der Waals surface area contributed by atoms with Crippen LogP contribution in [-0.2, 0) is 9.92 Å². The second-order valence-corrected chi connectivity index (χ2v) is 7.07. The summed E-state index contributed by atoms with van der Waals surface area (Å²) in [4.78, 5) is 7.28. The van der Waals surface area contributed by atoms with E-state index in [2.05, 4.69) is 14.3 Å². The summed E-state index contributed by atoms with van der Waals surface area (Å²) in [5.41, 5.74) is 2.40. The van der Waals surface area contributed by atoms with E-state index in [1.165, 1.54) is 0 Å². The molecule has 4 rings (SSSR count). The van der Waals surface area contributed by atoms with Gasteiger partial charge >= 0.3 is 0 Å². The second-order valence-electron chi connectivity index (χ2n) is 5.33. The Kier molecular flexibility index (Phi) is 3.44. The van der Waals surface area contributed by atoms with E-state index in [9.17, 15) is 4.21 Å². The van der Waals surface area contributed by atoms with E-state index >= 15 is 0 Å². The van der Waals surface area contributed by atoms with Crippen molar-refractivity contribution in [2.45, 2.75) is 5.03 Å². The molecular weight excluding hydrogens is 322 g/mol. The van der Waals surface area contributed by atoms with Crippen molar-refractivity contribution >= 4 is 26.5 Å². The van der Waals surface area contributed by atoms with Gasteiger partial charge in [-0.25, -0.2) is 14.3 Å². The standard InChI is InChI=1S/C17H15N5OS/c18-24(23,21-16-10-19-15-9-5-4-8-14(15)16)17-11-22(12-20-17)13-6-2-1-3-7-13/h1-12,19H,(H2,18,21,23).